The van der Waals surface area contributed by atoms with Crippen LogP contribution in [0.4, 0.5) is 5.69 Å². The Labute approximate surface area is 132 Å². The Hall–Kier alpha value is -1.66. The van der Waals surface area contributed by atoms with Crippen LogP contribution >= 0.6 is 15.9 Å². The average molecular weight is 368 g/mol. The van der Waals surface area contributed by atoms with E-state index in [0.717, 1.165) is 16.3 Å². The fraction of sp³-hybridized carbons (Fsp3) is 0.133. The van der Waals surface area contributed by atoms with Crippen LogP contribution in [0.5, 0.6) is 0 Å². The molecule has 0 radical (unpaired) electrons. The summed E-state index contributed by atoms with van der Waals surface area (Å²) in [5.74, 6) is -0.346. The summed E-state index contributed by atoms with van der Waals surface area (Å²) in [7, 11) is -3.33. The first kappa shape index (κ1) is 15.7. The first-order valence-electron chi connectivity index (χ1n) is 6.15. The summed E-state index contributed by atoms with van der Waals surface area (Å²) in [6, 6.07) is 11.5. The maximum atomic E-state index is 12.2. The molecule has 2 aromatic rings. The van der Waals surface area contributed by atoms with Gasteiger partial charge in [0.05, 0.1) is 4.90 Å². The molecule has 2 aromatic carbocycles. The van der Waals surface area contributed by atoms with E-state index < -0.39 is 9.84 Å². The minimum atomic E-state index is -3.33. The minimum absolute atomic E-state index is 0.126. The number of hydrogen-bond acceptors (Lipinski definition) is 3. The Bertz CT molecular complexity index is 800. The highest BCUT2D eigenvalue weighted by Crippen LogP contribution is 2.21. The summed E-state index contributed by atoms with van der Waals surface area (Å²) in [5.41, 5.74) is 1.90. The Morgan fingerprint density at radius 3 is 2.52 bits per heavy atom. The number of hydrogen-bond donors (Lipinski definition) is 1. The maximum Gasteiger partial charge on any atom is 0.255 e. The number of halogens is 1. The molecule has 0 atom stereocenters. The molecule has 0 aromatic heterocycles. The molecular formula is C15H14BrNO3S. The van der Waals surface area contributed by atoms with Crippen molar-refractivity contribution in [2.45, 2.75) is 11.8 Å². The normalized spacial score (nSPS) is 11.2. The lowest BCUT2D eigenvalue weighted by molar-refractivity contribution is 0.102. The molecule has 4 nitrogen and oxygen atoms in total. The van der Waals surface area contributed by atoms with Gasteiger partial charge in [-0.05, 0) is 42.8 Å². The first-order valence-corrected chi connectivity index (χ1v) is 8.83. The van der Waals surface area contributed by atoms with Crippen LogP contribution in [0, 0.1) is 6.92 Å². The molecule has 0 saturated heterocycles. The van der Waals surface area contributed by atoms with E-state index in [0.29, 0.717) is 11.3 Å². The van der Waals surface area contributed by atoms with Crippen LogP contribution in [0.2, 0.25) is 0 Å². The van der Waals surface area contributed by atoms with Gasteiger partial charge in [0.25, 0.3) is 5.91 Å². The molecule has 0 saturated carbocycles. The van der Waals surface area contributed by atoms with Gasteiger partial charge in [-0.15, -0.1) is 0 Å². The highest BCUT2D eigenvalue weighted by molar-refractivity contribution is 9.10. The highest BCUT2D eigenvalue weighted by Gasteiger charge is 2.12. The summed E-state index contributed by atoms with van der Waals surface area (Å²) >= 11 is 3.35. The Kier molecular flexibility index (Phi) is 4.49. The molecule has 1 N–H and O–H groups in total. The number of anilines is 1. The molecule has 6 heteroatoms. The van der Waals surface area contributed by atoms with E-state index in [1.165, 1.54) is 12.1 Å². The first-order chi connectivity index (χ1) is 9.77. The molecule has 0 aliphatic heterocycles. The van der Waals surface area contributed by atoms with Crippen molar-refractivity contribution in [3.05, 3.63) is 58.1 Å². The van der Waals surface area contributed by atoms with E-state index in [2.05, 4.69) is 21.2 Å². The van der Waals surface area contributed by atoms with Gasteiger partial charge >= 0.3 is 0 Å². The number of aryl methyl sites for hydroxylation is 1. The number of carbonyl (C=O) groups excluding carboxylic acids is 1. The monoisotopic (exact) mass is 367 g/mol. The van der Waals surface area contributed by atoms with Crippen LogP contribution in [0.3, 0.4) is 0 Å². The highest BCUT2D eigenvalue weighted by atomic mass is 79.9. The molecule has 0 aliphatic carbocycles. The lowest BCUT2D eigenvalue weighted by Gasteiger charge is -2.09. The molecule has 0 fully saturated rings. The maximum absolute atomic E-state index is 12.2. The standard InChI is InChI=1S/C15H14BrNO3S/c1-10-6-7-12(16)9-14(10)17-15(18)11-4-3-5-13(8-11)21(2,19)20/h3-9H,1-2H3,(H,17,18). The Balaban J connectivity index is 2.31. The van der Waals surface area contributed by atoms with Crippen molar-refractivity contribution in [1.82, 2.24) is 0 Å². The third kappa shape index (κ3) is 3.92. The van der Waals surface area contributed by atoms with E-state index in [1.54, 1.807) is 18.2 Å². The van der Waals surface area contributed by atoms with Crippen molar-refractivity contribution in [2.75, 3.05) is 11.6 Å². The van der Waals surface area contributed by atoms with Crippen molar-refractivity contribution in [3.8, 4) is 0 Å². The molecule has 0 aliphatic rings. The number of sulfone groups is 1. The lowest BCUT2D eigenvalue weighted by Crippen LogP contribution is -2.13. The van der Waals surface area contributed by atoms with Gasteiger partial charge in [-0.3, -0.25) is 4.79 Å². The number of amides is 1. The fourth-order valence-corrected chi connectivity index (χ4v) is 2.82. The fourth-order valence-electron chi connectivity index (χ4n) is 1.79. The predicted octanol–water partition coefficient (Wildman–Crippen LogP) is 3.41. The molecule has 110 valence electrons. The zero-order valence-corrected chi connectivity index (χ0v) is 14.0. The Morgan fingerprint density at radius 2 is 1.86 bits per heavy atom. The van der Waals surface area contributed by atoms with Gasteiger partial charge in [0.2, 0.25) is 0 Å². The third-order valence-corrected chi connectivity index (χ3v) is 4.58. The van der Waals surface area contributed by atoms with Crippen LogP contribution < -0.4 is 5.32 Å². The van der Waals surface area contributed by atoms with E-state index in [9.17, 15) is 13.2 Å². The van der Waals surface area contributed by atoms with Crippen LogP contribution in [-0.4, -0.2) is 20.6 Å². The number of benzene rings is 2. The van der Waals surface area contributed by atoms with Gasteiger partial charge < -0.3 is 5.32 Å². The summed E-state index contributed by atoms with van der Waals surface area (Å²) < 4.78 is 23.9. The lowest BCUT2D eigenvalue weighted by atomic mass is 10.1. The Morgan fingerprint density at radius 1 is 1.14 bits per heavy atom. The second-order valence-corrected chi connectivity index (χ2v) is 7.64. The SMILES string of the molecule is Cc1ccc(Br)cc1NC(=O)c1cccc(S(C)(=O)=O)c1. The van der Waals surface area contributed by atoms with Gasteiger partial charge in [0, 0.05) is 22.0 Å². The second-order valence-electron chi connectivity index (χ2n) is 4.71. The van der Waals surface area contributed by atoms with Crippen molar-refractivity contribution in [2.24, 2.45) is 0 Å². The van der Waals surface area contributed by atoms with Crippen molar-refractivity contribution < 1.29 is 13.2 Å². The van der Waals surface area contributed by atoms with Gasteiger partial charge in [-0.2, -0.15) is 0 Å². The van der Waals surface area contributed by atoms with E-state index in [4.69, 9.17) is 0 Å². The molecule has 21 heavy (non-hydrogen) atoms. The van der Waals surface area contributed by atoms with E-state index >= 15 is 0 Å². The quantitative estimate of drug-likeness (QED) is 0.903. The van der Waals surface area contributed by atoms with Crippen LogP contribution in [0.25, 0.3) is 0 Å². The predicted molar refractivity (Wildman–Crippen MR) is 86.4 cm³/mol. The van der Waals surface area contributed by atoms with Crippen molar-refractivity contribution in [3.63, 3.8) is 0 Å². The van der Waals surface area contributed by atoms with Gasteiger partial charge in [-0.1, -0.05) is 28.1 Å². The van der Waals surface area contributed by atoms with Gasteiger partial charge in [0.15, 0.2) is 9.84 Å². The summed E-state index contributed by atoms with van der Waals surface area (Å²) in [6.45, 7) is 1.88. The number of nitrogens with one attached hydrogen (secondary N) is 1. The van der Waals surface area contributed by atoms with Crippen LogP contribution in [0.15, 0.2) is 51.8 Å². The second kappa shape index (κ2) is 5.99. The topological polar surface area (TPSA) is 63.2 Å². The number of carbonyl (C=O) groups is 1. The average Bonchev–Trinajstić information content (AvgIpc) is 2.42. The molecule has 0 unspecified atom stereocenters. The molecule has 1 amide bonds. The molecular weight excluding hydrogens is 354 g/mol. The van der Waals surface area contributed by atoms with E-state index in [-0.39, 0.29) is 10.8 Å². The summed E-state index contributed by atoms with van der Waals surface area (Å²) in [4.78, 5) is 12.4. The van der Waals surface area contributed by atoms with Gasteiger partial charge in [0.1, 0.15) is 0 Å². The molecule has 2 rings (SSSR count). The summed E-state index contributed by atoms with van der Waals surface area (Å²) in [5, 5.41) is 2.78. The molecule has 0 heterocycles. The zero-order valence-electron chi connectivity index (χ0n) is 11.6. The number of rotatable bonds is 3. The minimum Gasteiger partial charge on any atom is -0.322 e. The van der Waals surface area contributed by atoms with E-state index in [1.807, 2.05) is 19.1 Å². The van der Waals surface area contributed by atoms with Crippen molar-refractivity contribution in [1.29, 1.82) is 0 Å². The van der Waals surface area contributed by atoms with Gasteiger partial charge in [-0.25, -0.2) is 8.42 Å². The zero-order chi connectivity index (χ0) is 15.6. The molecule has 0 spiro atoms. The smallest absolute Gasteiger partial charge is 0.255 e. The molecule has 0 bridgehead atoms. The largest absolute Gasteiger partial charge is 0.322 e. The van der Waals surface area contributed by atoms with Crippen LogP contribution in [0.1, 0.15) is 15.9 Å². The van der Waals surface area contributed by atoms with Crippen LogP contribution in [-0.2, 0) is 9.84 Å². The summed E-state index contributed by atoms with van der Waals surface area (Å²) in [6.07, 6.45) is 1.11. The third-order valence-electron chi connectivity index (χ3n) is 2.97. The van der Waals surface area contributed by atoms with Crippen molar-refractivity contribution >= 4 is 37.4 Å².